The van der Waals surface area contributed by atoms with Gasteiger partial charge in [-0.05, 0) is 30.9 Å². The van der Waals surface area contributed by atoms with Crippen LogP contribution in [0.15, 0.2) is 60.7 Å². The Labute approximate surface area is 199 Å². The van der Waals surface area contributed by atoms with E-state index in [-0.39, 0.29) is 16.9 Å². The van der Waals surface area contributed by atoms with E-state index in [1.807, 2.05) is 54.6 Å². The molecular weight excluding hydrogens is 448 g/mol. The van der Waals surface area contributed by atoms with Crippen molar-refractivity contribution in [3.8, 4) is 22.5 Å². The van der Waals surface area contributed by atoms with E-state index in [1.165, 1.54) is 10.6 Å². The molecule has 6 N–H and O–H groups in total. The van der Waals surface area contributed by atoms with Crippen LogP contribution in [0.25, 0.3) is 28.2 Å². The minimum Gasteiger partial charge on any atom is -0.465 e. The molecule has 3 amide bonds. The normalized spacial score (nSPS) is 14.3. The van der Waals surface area contributed by atoms with Crippen molar-refractivity contribution >= 4 is 23.6 Å². The van der Waals surface area contributed by atoms with Gasteiger partial charge in [0.2, 0.25) is 0 Å². The third kappa shape index (κ3) is 3.74. The number of hydrogen-bond donors (Lipinski definition) is 4. The summed E-state index contributed by atoms with van der Waals surface area (Å²) < 4.78 is 1.41. The van der Waals surface area contributed by atoms with Gasteiger partial charge in [-0.25, -0.2) is 14.3 Å². The van der Waals surface area contributed by atoms with Crippen LogP contribution >= 0.6 is 0 Å². The molecule has 1 fully saturated rings. The summed E-state index contributed by atoms with van der Waals surface area (Å²) >= 11 is 0. The molecule has 5 rings (SSSR count). The Morgan fingerprint density at radius 2 is 1.63 bits per heavy atom. The van der Waals surface area contributed by atoms with Crippen molar-refractivity contribution in [3.05, 3.63) is 77.5 Å². The molecule has 10 nitrogen and oxygen atoms in total. The highest BCUT2D eigenvalue weighted by molar-refractivity contribution is 6.02. The van der Waals surface area contributed by atoms with Gasteiger partial charge in [0.15, 0.2) is 5.65 Å². The fourth-order valence-electron chi connectivity index (χ4n) is 4.55. The van der Waals surface area contributed by atoms with E-state index >= 15 is 0 Å². The molecule has 0 unspecified atom stereocenters. The molecule has 1 saturated carbocycles. The quantitative estimate of drug-likeness (QED) is 0.338. The Morgan fingerprint density at radius 1 is 0.943 bits per heavy atom. The smallest absolute Gasteiger partial charge is 0.405 e. The molecule has 0 aliphatic heterocycles. The van der Waals surface area contributed by atoms with Crippen molar-refractivity contribution in [1.29, 1.82) is 0 Å². The molecule has 176 valence electrons. The molecule has 0 spiro atoms. The van der Waals surface area contributed by atoms with Crippen molar-refractivity contribution in [3.63, 3.8) is 0 Å². The number of carboxylic acid groups (broad SMARTS) is 1. The summed E-state index contributed by atoms with van der Waals surface area (Å²) in [6.45, 7) is 0. The first-order valence-electron chi connectivity index (χ1n) is 11.0. The molecule has 1 aliphatic carbocycles. The second-order valence-corrected chi connectivity index (χ2v) is 8.53. The Morgan fingerprint density at radius 3 is 2.17 bits per heavy atom. The number of aromatic nitrogens is 3. The lowest BCUT2D eigenvalue weighted by atomic mass is 9.72. The number of amides is 3. The maximum absolute atomic E-state index is 12.2. The molecule has 10 heteroatoms. The van der Waals surface area contributed by atoms with E-state index in [2.05, 4.69) is 10.4 Å². The number of benzene rings is 2. The molecule has 35 heavy (non-hydrogen) atoms. The van der Waals surface area contributed by atoms with Crippen molar-refractivity contribution in [1.82, 2.24) is 19.9 Å². The summed E-state index contributed by atoms with van der Waals surface area (Å²) in [5.41, 5.74) is 14.0. The van der Waals surface area contributed by atoms with Crippen LogP contribution in [0, 0.1) is 0 Å². The highest BCUT2D eigenvalue weighted by Gasteiger charge is 2.40. The van der Waals surface area contributed by atoms with Gasteiger partial charge in [-0.2, -0.15) is 5.10 Å². The Balaban J connectivity index is 1.72. The van der Waals surface area contributed by atoms with Gasteiger partial charge in [-0.1, -0.05) is 54.6 Å². The van der Waals surface area contributed by atoms with Gasteiger partial charge in [0.25, 0.3) is 11.8 Å². The van der Waals surface area contributed by atoms with Crippen LogP contribution < -0.4 is 16.8 Å². The zero-order valence-electron chi connectivity index (χ0n) is 18.6. The van der Waals surface area contributed by atoms with E-state index in [0.717, 1.165) is 36.0 Å². The number of carbonyl (C=O) groups excluding carboxylic acids is 2. The minimum atomic E-state index is -1.06. The van der Waals surface area contributed by atoms with E-state index in [4.69, 9.17) is 16.5 Å². The van der Waals surface area contributed by atoms with Gasteiger partial charge in [0.05, 0.1) is 16.8 Å². The average molecular weight is 470 g/mol. The first kappa shape index (κ1) is 22.1. The lowest BCUT2D eigenvalue weighted by Gasteiger charge is -2.42. The predicted octanol–water partition coefficient (Wildman–Crippen LogP) is 2.91. The molecule has 2 heterocycles. The summed E-state index contributed by atoms with van der Waals surface area (Å²) in [5.74, 6) is -1.57. The van der Waals surface area contributed by atoms with E-state index < -0.39 is 23.4 Å². The summed E-state index contributed by atoms with van der Waals surface area (Å²) in [5, 5.41) is 16.3. The molecule has 1 aliphatic rings. The van der Waals surface area contributed by atoms with Crippen molar-refractivity contribution < 1.29 is 19.5 Å². The van der Waals surface area contributed by atoms with Crippen LogP contribution in [0.4, 0.5) is 4.79 Å². The number of fused-ring (bicyclic) bond motifs is 1. The zero-order chi connectivity index (χ0) is 24.7. The zero-order valence-corrected chi connectivity index (χ0v) is 18.6. The predicted molar refractivity (Wildman–Crippen MR) is 128 cm³/mol. The Hall–Kier alpha value is -4.73. The summed E-state index contributed by atoms with van der Waals surface area (Å²) in [6, 6.07) is 18.0. The van der Waals surface area contributed by atoms with Crippen molar-refractivity contribution in [2.24, 2.45) is 11.5 Å². The number of carbonyl (C=O) groups is 3. The number of rotatable bonds is 6. The van der Waals surface area contributed by atoms with Gasteiger partial charge in [0, 0.05) is 11.1 Å². The Bertz CT molecular complexity index is 1470. The number of nitrogens with two attached hydrogens (primary N) is 2. The highest BCUT2D eigenvalue weighted by Crippen LogP contribution is 2.42. The lowest BCUT2D eigenvalue weighted by molar-refractivity contribution is 0.0994. The molecule has 0 saturated heterocycles. The monoisotopic (exact) mass is 470 g/mol. The van der Waals surface area contributed by atoms with Gasteiger partial charge < -0.3 is 21.9 Å². The van der Waals surface area contributed by atoms with E-state index in [9.17, 15) is 19.5 Å². The third-order valence-corrected chi connectivity index (χ3v) is 6.41. The first-order chi connectivity index (χ1) is 16.8. The highest BCUT2D eigenvalue weighted by atomic mass is 16.4. The van der Waals surface area contributed by atoms with Crippen LogP contribution in [0.2, 0.25) is 0 Å². The molecule has 4 aromatic rings. The van der Waals surface area contributed by atoms with Crippen LogP contribution in [-0.2, 0) is 5.54 Å². The summed E-state index contributed by atoms with van der Waals surface area (Å²) in [6.07, 6.45) is 1.33. The maximum Gasteiger partial charge on any atom is 0.405 e. The van der Waals surface area contributed by atoms with Crippen molar-refractivity contribution in [2.45, 2.75) is 24.8 Å². The second-order valence-electron chi connectivity index (χ2n) is 8.53. The van der Waals surface area contributed by atoms with Crippen molar-refractivity contribution in [2.75, 3.05) is 0 Å². The molecule has 2 aromatic carbocycles. The van der Waals surface area contributed by atoms with Crippen LogP contribution in [-0.4, -0.2) is 37.6 Å². The maximum atomic E-state index is 12.2. The number of nitrogens with zero attached hydrogens (tertiary/aromatic N) is 3. The SMILES string of the molecule is NC(=O)c1cc(C(N)=O)c2nc(-c3ccc(C4(NC(=O)O)CCC4)cc3)c(-c3ccccc3)n2n1. The lowest BCUT2D eigenvalue weighted by Crippen LogP contribution is -2.50. The summed E-state index contributed by atoms with van der Waals surface area (Å²) in [7, 11) is 0. The third-order valence-electron chi connectivity index (χ3n) is 6.41. The standard InChI is InChI=1S/C25H22N6O4/c26-21(32)17-13-18(22(27)33)30-31-20(15-5-2-1-3-6-15)19(28-23(17)31)14-7-9-16(10-8-14)25(11-4-12-25)29-24(34)35/h1-3,5-10,13,29H,4,11-12H2,(H2,26,32)(H2,27,33)(H,34,35). The van der Waals surface area contributed by atoms with Gasteiger partial charge >= 0.3 is 6.09 Å². The van der Waals surface area contributed by atoms with Gasteiger partial charge in [-0.15, -0.1) is 0 Å². The molecular formula is C25H22N6O4. The molecule has 2 aromatic heterocycles. The number of nitrogens with one attached hydrogen (secondary N) is 1. The van der Waals surface area contributed by atoms with Crippen LogP contribution in [0.5, 0.6) is 0 Å². The number of primary amides is 2. The number of hydrogen-bond acceptors (Lipinski definition) is 5. The first-order valence-corrected chi connectivity index (χ1v) is 11.0. The van der Waals surface area contributed by atoms with Gasteiger partial charge in [-0.3, -0.25) is 9.59 Å². The van der Waals surface area contributed by atoms with Gasteiger partial charge in [0.1, 0.15) is 11.4 Å². The summed E-state index contributed by atoms with van der Waals surface area (Å²) in [4.78, 5) is 40.1. The van der Waals surface area contributed by atoms with Crippen LogP contribution in [0.3, 0.4) is 0 Å². The molecule has 0 radical (unpaired) electrons. The average Bonchev–Trinajstić information content (AvgIpc) is 3.20. The fraction of sp³-hybridized carbons (Fsp3) is 0.160. The fourth-order valence-corrected chi connectivity index (χ4v) is 4.55. The Kier molecular flexibility index (Phi) is 5.20. The molecule has 0 bridgehead atoms. The second kappa shape index (κ2) is 8.24. The minimum absolute atomic E-state index is 0.0212. The largest absolute Gasteiger partial charge is 0.465 e. The van der Waals surface area contributed by atoms with E-state index in [1.54, 1.807) is 0 Å². The molecule has 0 atom stereocenters. The van der Waals surface area contributed by atoms with Crippen LogP contribution in [0.1, 0.15) is 45.7 Å². The van der Waals surface area contributed by atoms with E-state index in [0.29, 0.717) is 11.4 Å². The number of imidazole rings is 1. The topological polar surface area (TPSA) is 166 Å².